The van der Waals surface area contributed by atoms with Crippen LogP contribution in [-0.2, 0) is 9.53 Å². The molecule has 1 rings (SSSR count). The topological polar surface area (TPSA) is 75.9 Å². The Labute approximate surface area is 114 Å². The second-order valence-electron chi connectivity index (χ2n) is 6.04. The summed E-state index contributed by atoms with van der Waals surface area (Å²) in [5.41, 5.74) is 4.82. The summed E-state index contributed by atoms with van der Waals surface area (Å²) in [7, 11) is 1.98. The molecule has 0 radical (unpaired) electrons. The maximum atomic E-state index is 12.1. The number of nitrogens with zero attached hydrogens (tertiary/aromatic N) is 2. The molecule has 0 spiro atoms. The summed E-state index contributed by atoms with van der Waals surface area (Å²) in [5, 5.41) is 0. The molecule has 1 aliphatic rings. The number of ketones is 1. The first kappa shape index (κ1) is 15.9. The maximum absolute atomic E-state index is 12.1. The molecule has 6 heteroatoms. The van der Waals surface area contributed by atoms with Gasteiger partial charge in [0.15, 0.2) is 0 Å². The normalized spacial score (nSPS) is 21.3. The van der Waals surface area contributed by atoms with Crippen LogP contribution in [0.25, 0.3) is 0 Å². The van der Waals surface area contributed by atoms with Crippen LogP contribution in [0.3, 0.4) is 0 Å². The van der Waals surface area contributed by atoms with Gasteiger partial charge in [-0.1, -0.05) is 0 Å². The molecule has 1 fully saturated rings. The van der Waals surface area contributed by atoms with Gasteiger partial charge < -0.3 is 20.3 Å². The van der Waals surface area contributed by atoms with Gasteiger partial charge in [0.25, 0.3) is 0 Å². The van der Waals surface area contributed by atoms with Crippen molar-refractivity contribution in [1.29, 1.82) is 0 Å². The number of ether oxygens (including phenoxy) is 1. The van der Waals surface area contributed by atoms with E-state index in [4.69, 9.17) is 10.5 Å². The largest absolute Gasteiger partial charge is 0.444 e. The third kappa shape index (κ3) is 5.16. The van der Waals surface area contributed by atoms with Crippen LogP contribution in [0.15, 0.2) is 0 Å². The van der Waals surface area contributed by atoms with Gasteiger partial charge in [0, 0.05) is 26.1 Å². The Balaban J connectivity index is 2.71. The number of hydrogen-bond donors (Lipinski definition) is 1. The molecule has 110 valence electrons. The standard InChI is InChI=1S/C13H25N3O3/c1-13(2,3)19-12(18)16-6-5-15(4)9-10(16)7-11(17)8-14/h10H,5-9,14H2,1-4H3. The van der Waals surface area contributed by atoms with Crippen molar-refractivity contribution in [1.82, 2.24) is 9.80 Å². The SMILES string of the molecule is CN1CCN(C(=O)OC(C)(C)C)C(CC(=O)CN)C1. The molecular formula is C13H25N3O3. The van der Waals surface area contributed by atoms with Crippen molar-refractivity contribution < 1.29 is 14.3 Å². The van der Waals surface area contributed by atoms with E-state index in [1.807, 2.05) is 27.8 Å². The molecule has 1 heterocycles. The lowest BCUT2D eigenvalue weighted by molar-refractivity contribution is -0.119. The van der Waals surface area contributed by atoms with E-state index in [1.54, 1.807) is 4.90 Å². The van der Waals surface area contributed by atoms with E-state index < -0.39 is 5.60 Å². The number of rotatable bonds is 3. The van der Waals surface area contributed by atoms with Crippen LogP contribution in [0.1, 0.15) is 27.2 Å². The smallest absolute Gasteiger partial charge is 0.410 e. The van der Waals surface area contributed by atoms with Crippen molar-refractivity contribution in [3.63, 3.8) is 0 Å². The van der Waals surface area contributed by atoms with Gasteiger partial charge in [0.2, 0.25) is 0 Å². The van der Waals surface area contributed by atoms with Crippen molar-refractivity contribution in [2.45, 2.75) is 38.8 Å². The van der Waals surface area contributed by atoms with Crippen LogP contribution in [0.5, 0.6) is 0 Å². The van der Waals surface area contributed by atoms with Crippen molar-refractivity contribution in [3.05, 3.63) is 0 Å². The molecule has 19 heavy (non-hydrogen) atoms. The van der Waals surface area contributed by atoms with Crippen molar-refractivity contribution in [2.75, 3.05) is 33.2 Å². The van der Waals surface area contributed by atoms with Crippen LogP contribution in [-0.4, -0.2) is 66.5 Å². The monoisotopic (exact) mass is 271 g/mol. The van der Waals surface area contributed by atoms with Crippen LogP contribution in [0.2, 0.25) is 0 Å². The molecule has 1 aliphatic heterocycles. The summed E-state index contributed by atoms with van der Waals surface area (Å²) in [6.45, 7) is 7.55. The van der Waals surface area contributed by atoms with E-state index in [2.05, 4.69) is 4.90 Å². The molecule has 0 aromatic carbocycles. The predicted molar refractivity (Wildman–Crippen MR) is 72.9 cm³/mol. The summed E-state index contributed by atoms with van der Waals surface area (Å²) < 4.78 is 5.38. The molecule has 1 amide bonds. The summed E-state index contributed by atoms with van der Waals surface area (Å²) in [5.74, 6) is -0.0335. The molecular weight excluding hydrogens is 246 g/mol. The van der Waals surface area contributed by atoms with Crippen molar-refractivity contribution in [2.24, 2.45) is 5.73 Å². The molecule has 2 N–H and O–H groups in total. The highest BCUT2D eigenvalue weighted by molar-refractivity contribution is 5.81. The van der Waals surface area contributed by atoms with Gasteiger partial charge in [-0.2, -0.15) is 0 Å². The summed E-state index contributed by atoms with van der Waals surface area (Å²) in [4.78, 5) is 27.4. The zero-order valence-corrected chi connectivity index (χ0v) is 12.3. The van der Waals surface area contributed by atoms with E-state index in [0.29, 0.717) is 19.5 Å². The minimum absolute atomic E-state index is 0.0162. The highest BCUT2D eigenvalue weighted by atomic mass is 16.6. The Morgan fingerprint density at radius 2 is 1.95 bits per heavy atom. The quantitative estimate of drug-likeness (QED) is 0.807. The number of hydrogen-bond acceptors (Lipinski definition) is 5. The maximum Gasteiger partial charge on any atom is 0.410 e. The van der Waals surface area contributed by atoms with Crippen molar-refractivity contribution >= 4 is 11.9 Å². The molecule has 0 aliphatic carbocycles. The number of carbonyl (C=O) groups is 2. The van der Waals surface area contributed by atoms with Gasteiger partial charge in [-0.3, -0.25) is 4.79 Å². The van der Waals surface area contributed by atoms with Gasteiger partial charge in [-0.05, 0) is 27.8 Å². The number of amides is 1. The lowest BCUT2D eigenvalue weighted by Gasteiger charge is -2.40. The zero-order valence-electron chi connectivity index (χ0n) is 12.3. The molecule has 1 atom stereocenters. The molecule has 1 unspecified atom stereocenters. The van der Waals surface area contributed by atoms with E-state index >= 15 is 0 Å². The number of likely N-dealkylation sites (N-methyl/N-ethyl adjacent to an activating group) is 1. The third-order valence-corrected chi connectivity index (χ3v) is 3.00. The summed E-state index contributed by atoms with van der Waals surface area (Å²) in [6, 6.07) is -0.148. The van der Waals surface area contributed by atoms with E-state index in [9.17, 15) is 9.59 Å². The van der Waals surface area contributed by atoms with Gasteiger partial charge >= 0.3 is 6.09 Å². The number of carbonyl (C=O) groups excluding carboxylic acids is 2. The minimum atomic E-state index is -0.525. The highest BCUT2D eigenvalue weighted by Crippen LogP contribution is 2.17. The third-order valence-electron chi connectivity index (χ3n) is 3.00. The Morgan fingerprint density at radius 1 is 1.32 bits per heavy atom. The van der Waals surface area contributed by atoms with Crippen LogP contribution in [0.4, 0.5) is 4.79 Å². The Kier molecular flexibility index (Phi) is 5.31. The molecule has 0 bridgehead atoms. The Morgan fingerprint density at radius 3 is 2.47 bits per heavy atom. The van der Waals surface area contributed by atoms with Crippen LogP contribution >= 0.6 is 0 Å². The molecule has 0 aromatic rings. The van der Waals surface area contributed by atoms with Gasteiger partial charge in [0.1, 0.15) is 11.4 Å². The van der Waals surface area contributed by atoms with Crippen molar-refractivity contribution in [3.8, 4) is 0 Å². The van der Waals surface area contributed by atoms with Crippen LogP contribution in [0, 0.1) is 0 Å². The first-order valence-electron chi connectivity index (χ1n) is 6.63. The first-order chi connectivity index (χ1) is 8.73. The average molecular weight is 271 g/mol. The second-order valence-corrected chi connectivity index (χ2v) is 6.04. The molecule has 0 aromatic heterocycles. The highest BCUT2D eigenvalue weighted by Gasteiger charge is 2.33. The van der Waals surface area contributed by atoms with Gasteiger partial charge in [-0.15, -0.1) is 0 Å². The number of nitrogens with two attached hydrogens (primary N) is 1. The Hall–Kier alpha value is -1.14. The fourth-order valence-corrected chi connectivity index (χ4v) is 2.09. The van der Waals surface area contributed by atoms with Gasteiger partial charge in [0.05, 0.1) is 12.6 Å². The number of Topliss-reactive ketones (excluding diaryl/α,β-unsaturated/α-hetero) is 1. The second kappa shape index (κ2) is 6.34. The predicted octanol–water partition coefficient (Wildman–Crippen LogP) is 0.455. The minimum Gasteiger partial charge on any atom is -0.444 e. The average Bonchev–Trinajstić information content (AvgIpc) is 2.26. The zero-order chi connectivity index (χ0) is 14.6. The fourth-order valence-electron chi connectivity index (χ4n) is 2.09. The van der Waals surface area contributed by atoms with Gasteiger partial charge in [-0.25, -0.2) is 4.79 Å². The van der Waals surface area contributed by atoms with E-state index in [0.717, 1.165) is 6.54 Å². The lowest BCUT2D eigenvalue weighted by atomic mass is 10.1. The fraction of sp³-hybridized carbons (Fsp3) is 0.846. The number of piperazine rings is 1. The molecule has 0 saturated carbocycles. The summed E-state index contributed by atoms with van der Waals surface area (Å²) in [6.07, 6.45) is -0.0597. The van der Waals surface area contributed by atoms with Crippen LogP contribution < -0.4 is 5.73 Å². The molecule has 1 saturated heterocycles. The van der Waals surface area contributed by atoms with E-state index in [1.165, 1.54) is 0 Å². The molecule has 6 nitrogen and oxygen atoms in total. The Bertz CT molecular complexity index is 339. The lowest BCUT2D eigenvalue weighted by Crippen LogP contribution is -2.55. The van der Waals surface area contributed by atoms with E-state index in [-0.39, 0.29) is 24.5 Å². The first-order valence-corrected chi connectivity index (χ1v) is 6.63. The summed E-state index contributed by atoms with van der Waals surface area (Å²) >= 11 is 0.